The number of halogens is 3. The average Bonchev–Trinajstić information content (AvgIpc) is 2.21. The molecule has 0 heterocycles. The molecule has 2 N–H and O–H groups in total. The summed E-state index contributed by atoms with van der Waals surface area (Å²) in [5, 5.41) is 18.3. The molecule has 2 nitrogen and oxygen atoms in total. The van der Waals surface area contributed by atoms with E-state index in [0.29, 0.717) is 5.02 Å². The molecule has 0 aromatic heterocycles. The van der Waals surface area contributed by atoms with Gasteiger partial charge in [-0.05, 0) is 42.5 Å². The lowest BCUT2D eigenvalue weighted by Gasteiger charge is -1.93. The van der Waals surface area contributed by atoms with Crippen molar-refractivity contribution in [2.75, 3.05) is 0 Å². The minimum absolute atomic E-state index is 0.245. The normalized spacial score (nSPS) is 9.35. The Morgan fingerprint density at radius 3 is 1.59 bits per heavy atom. The van der Waals surface area contributed by atoms with Crippen LogP contribution < -0.4 is 0 Å². The molecule has 2 aromatic carbocycles. The maximum Gasteiger partial charge on any atom is 0.117 e. The topological polar surface area (TPSA) is 40.5 Å². The molecule has 0 unspecified atom stereocenters. The highest BCUT2D eigenvalue weighted by Crippen LogP contribution is 2.23. The van der Waals surface area contributed by atoms with Gasteiger partial charge in [-0.1, -0.05) is 43.5 Å². The van der Waals surface area contributed by atoms with Gasteiger partial charge in [0.15, 0.2) is 0 Å². The third-order valence-corrected chi connectivity index (χ3v) is 2.84. The Hall–Kier alpha value is -0.710. The third-order valence-electron chi connectivity index (χ3n) is 1.67. The summed E-state index contributed by atoms with van der Waals surface area (Å²) in [6, 6.07) is 11.5. The lowest BCUT2D eigenvalue weighted by Crippen LogP contribution is -1.66. The highest BCUT2D eigenvalue weighted by Gasteiger charge is 1.92. The number of phenols is 2. The first-order chi connectivity index (χ1) is 7.97. The summed E-state index contributed by atoms with van der Waals surface area (Å²) in [6.45, 7) is 0. The second-order valence-electron chi connectivity index (χ2n) is 3.10. The molecule has 0 aliphatic heterocycles. The minimum Gasteiger partial charge on any atom is -0.508 e. The molecule has 90 valence electrons. The molecule has 0 saturated carbocycles. The van der Waals surface area contributed by atoms with E-state index in [-0.39, 0.29) is 11.5 Å². The second kappa shape index (κ2) is 6.89. The molecule has 5 heteroatoms. The van der Waals surface area contributed by atoms with Crippen LogP contribution in [0.2, 0.25) is 5.02 Å². The molecule has 0 saturated heterocycles. The van der Waals surface area contributed by atoms with Crippen molar-refractivity contribution in [2.24, 2.45) is 0 Å². The minimum atomic E-state index is 0.245. The zero-order valence-corrected chi connectivity index (χ0v) is 12.5. The van der Waals surface area contributed by atoms with Crippen LogP contribution in [0, 0.1) is 0 Å². The first kappa shape index (κ1) is 14.4. The van der Waals surface area contributed by atoms with E-state index in [4.69, 9.17) is 21.8 Å². The van der Waals surface area contributed by atoms with Crippen LogP contribution in [-0.2, 0) is 0 Å². The molecule has 0 radical (unpaired) electrons. The van der Waals surface area contributed by atoms with E-state index in [0.717, 1.165) is 8.95 Å². The Labute approximate surface area is 121 Å². The first-order valence-corrected chi connectivity index (χ1v) is 6.53. The van der Waals surface area contributed by atoms with Gasteiger partial charge >= 0.3 is 0 Å². The van der Waals surface area contributed by atoms with Gasteiger partial charge in [0, 0.05) is 14.0 Å². The van der Waals surface area contributed by atoms with Gasteiger partial charge in [-0.2, -0.15) is 0 Å². The van der Waals surface area contributed by atoms with E-state index in [1.165, 1.54) is 0 Å². The Morgan fingerprint density at radius 1 is 0.765 bits per heavy atom. The van der Waals surface area contributed by atoms with Crippen molar-refractivity contribution in [1.29, 1.82) is 0 Å². The van der Waals surface area contributed by atoms with Crippen molar-refractivity contribution in [1.82, 2.24) is 0 Å². The van der Waals surface area contributed by atoms with Gasteiger partial charge in [0.2, 0.25) is 0 Å². The van der Waals surface area contributed by atoms with Gasteiger partial charge in [-0.25, -0.2) is 0 Å². The standard InChI is InChI=1S/C6H4Br2O.C6H5ClO/c7-4-1-5(8)3-6(9)2-4;7-5-1-3-6(8)4-2-5/h1-3,9H;1-4,8H. The molecule has 0 bridgehead atoms. The number of benzene rings is 2. The molecule has 17 heavy (non-hydrogen) atoms. The average molecular weight is 380 g/mol. The van der Waals surface area contributed by atoms with Crippen LogP contribution in [0.25, 0.3) is 0 Å². The summed E-state index contributed by atoms with van der Waals surface area (Å²) >= 11 is 11.9. The van der Waals surface area contributed by atoms with Crippen LogP contribution in [0.1, 0.15) is 0 Å². The van der Waals surface area contributed by atoms with Gasteiger partial charge in [0.05, 0.1) is 0 Å². The molecule has 2 aromatic rings. The lowest BCUT2D eigenvalue weighted by atomic mass is 10.3. The van der Waals surface area contributed by atoms with Gasteiger partial charge in [0.25, 0.3) is 0 Å². The number of aromatic hydroxyl groups is 2. The second-order valence-corrected chi connectivity index (χ2v) is 5.37. The van der Waals surface area contributed by atoms with Crippen LogP contribution in [-0.4, -0.2) is 10.2 Å². The Balaban J connectivity index is 0.000000171. The smallest absolute Gasteiger partial charge is 0.117 e. The quantitative estimate of drug-likeness (QED) is 0.678. The SMILES string of the molecule is Oc1cc(Br)cc(Br)c1.Oc1ccc(Cl)cc1. The van der Waals surface area contributed by atoms with E-state index in [1.54, 1.807) is 36.4 Å². The van der Waals surface area contributed by atoms with Gasteiger partial charge in [0.1, 0.15) is 11.5 Å². The number of hydrogen-bond donors (Lipinski definition) is 2. The summed E-state index contributed by atoms with van der Waals surface area (Å²) in [5.41, 5.74) is 0. The van der Waals surface area contributed by atoms with Crippen molar-refractivity contribution < 1.29 is 10.2 Å². The molecular weight excluding hydrogens is 371 g/mol. The highest BCUT2D eigenvalue weighted by atomic mass is 79.9. The van der Waals surface area contributed by atoms with Gasteiger partial charge in [-0.3, -0.25) is 0 Å². The fourth-order valence-electron chi connectivity index (χ4n) is 0.980. The van der Waals surface area contributed by atoms with Crippen LogP contribution in [0.3, 0.4) is 0 Å². The van der Waals surface area contributed by atoms with Crippen molar-refractivity contribution in [3.05, 3.63) is 56.4 Å². The van der Waals surface area contributed by atoms with E-state index >= 15 is 0 Å². The molecule has 0 atom stereocenters. The largest absolute Gasteiger partial charge is 0.508 e. The maximum atomic E-state index is 8.93. The molecule has 0 aliphatic carbocycles. The summed E-state index contributed by atoms with van der Waals surface area (Å²) in [5.74, 6) is 0.505. The maximum absolute atomic E-state index is 8.93. The van der Waals surface area contributed by atoms with Crippen LogP contribution in [0.4, 0.5) is 0 Å². The third kappa shape index (κ3) is 5.96. The van der Waals surface area contributed by atoms with E-state index < -0.39 is 0 Å². The van der Waals surface area contributed by atoms with E-state index in [9.17, 15) is 0 Å². The Bertz CT molecular complexity index is 415. The number of rotatable bonds is 0. The molecule has 0 aliphatic rings. The lowest BCUT2D eigenvalue weighted by molar-refractivity contribution is 0.474. The summed E-state index contributed by atoms with van der Waals surface area (Å²) in [4.78, 5) is 0. The fraction of sp³-hybridized carbons (Fsp3) is 0. The fourth-order valence-corrected chi connectivity index (χ4v) is 2.38. The van der Waals surface area contributed by atoms with Crippen LogP contribution in [0.5, 0.6) is 11.5 Å². The predicted octanol–water partition coefficient (Wildman–Crippen LogP) is 4.96. The van der Waals surface area contributed by atoms with Crippen molar-refractivity contribution >= 4 is 43.5 Å². The van der Waals surface area contributed by atoms with Crippen LogP contribution in [0.15, 0.2) is 51.4 Å². The number of phenolic OH excluding ortho intramolecular Hbond substituents is 2. The zero-order chi connectivity index (χ0) is 12.8. The highest BCUT2D eigenvalue weighted by molar-refractivity contribution is 9.11. The van der Waals surface area contributed by atoms with Gasteiger partial charge in [-0.15, -0.1) is 0 Å². The van der Waals surface area contributed by atoms with Crippen molar-refractivity contribution in [2.45, 2.75) is 0 Å². The molecule has 2 rings (SSSR count). The number of hydrogen-bond acceptors (Lipinski definition) is 2. The molecule has 0 amide bonds. The molecule has 0 spiro atoms. The van der Waals surface area contributed by atoms with Gasteiger partial charge < -0.3 is 10.2 Å². The summed E-state index contributed by atoms with van der Waals surface area (Å²) < 4.78 is 1.74. The van der Waals surface area contributed by atoms with Crippen molar-refractivity contribution in [3.63, 3.8) is 0 Å². The predicted molar refractivity (Wildman–Crippen MR) is 76.6 cm³/mol. The van der Waals surface area contributed by atoms with E-state index in [2.05, 4.69) is 31.9 Å². The monoisotopic (exact) mass is 378 g/mol. The van der Waals surface area contributed by atoms with Crippen molar-refractivity contribution in [3.8, 4) is 11.5 Å². The molecule has 0 fully saturated rings. The summed E-state index contributed by atoms with van der Waals surface area (Å²) in [7, 11) is 0. The van der Waals surface area contributed by atoms with Crippen LogP contribution >= 0.6 is 43.5 Å². The van der Waals surface area contributed by atoms with E-state index in [1.807, 2.05) is 6.07 Å². The zero-order valence-electron chi connectivity index (χ0n) is 8.57. The summed E-state index contributed by atoms with van der Waals surface area (Å²) in [6.07, 6.45) is 0. The molecular formula is C12H9Br2ClO2. The Morgan fingerprint density at radius 2 is 1.24 bits per heavy atom. The Kier molecular flexibility index (Phi) is 5.82. The first-order valence-electron chi connectivity index (χ1n) is 4.57.